The van der Waals surface area contributed by atoms with E-state index >= 15 is 0 Å². The second-order valence-electron chi connectivity index (χ2n) is 2.72. The highest BCUT2D eigenvalue weighted by Crippen LogP contribution is 2.31. The molecular formula is C8H3ClF5NO2. The van der Waals surface area contributed by atoms with Gasteiger partial charge in [-0.15, -0.1) is 13.2 Å². The molecule has 0 N–H and O–H groups in total. The van der Waals surface area contributed by atoms with Gasteiger partial charge >= 0.3 is 6.36 Å². The molecule has 0 spiro atoms. The number of hydrogen-bond acceptors (Lipinski definition) is 3. The molecule has 94 valence electrons. The lowest BCUT2D eigenvalue weighted by Crippen LogP contribution is -2.18. The summed E-state index contributed by atoms with van der Waals surface area (Å²) in [7, 11) is 0. The molecule has 9 heteroatoms. The van der Waals surface area contributed by atoms with Crippen molar-refractivity contribution < 1.29 is 31.5 Å². The van der Waals surface area contributed by atoms with E-state index in [0.717, 1.165) is 0 Å². The maximum Gasteiger partial charge on any atom is 0.574 e. The smallest absolute Gasteiger partial charge is 0.388 e. The van der Waals surface area contributed by atoms with Gasteiger partial charge in [0.05, 0.1) is 5.56 Å². The lowest BCUT2D eigenvalue weighted by Gasteiger charge is -2.11. The minimum Gasteiger partial charge on any atom is -0.388 e. The molecule has 0 bridgehead atoms. The summed E-state index contributed by atoms with van der Waals surface area (Å²) in [5.74, 6) is -1.15. The fraction of sp³-hybridized carbons (Fsp3) is 0.250. The quantitative estimate of drug-likeness (QED) is 0.482. The molecule has 1 heterocycles. The molecule has 0 aromatic carbocycles. The Labute approximate surface area is 96.2 Å². The lowest BCUT2D eigenvalue weighted by atomic mass is 10.1. The first-order valence-electron chi connectivity index (χ1n) is 3.94. The third kappa shape index (κ3) is 3.52. The van der Waals surface area contributed by atoms with E-state index in [1.54, 1.807) is 0 Å². The minimum atomic E-state index is -5.08. The van der Waals surface area contributed by atoms with Crippen LogP contribution in [0.25, 0.3) is 0 Å². The number of alkyl halides is 5. The van der Waals surface area contributed by atoms with Gasteiger partial charge in [0.25, 0.3) is 6.43 Å². The van der Waals surface area contributed by atoms with Crippen molar-refractivity contribution in [1.82, 2.24) is 4.98 Å². The van der Waals surface area contributed by atoms with Crippen LogP contribution in [0.4, 0.5) is 22.0 Å². The van der Waals surface area contributed by atoms with Crippen LogP contribution in [-0.4, -0.2) is 17.6 Å². The van der Waals surface area contributed by atoms with Crippen molar-refractivity contribution in [2.45, 2.75) is 12.8 Å². The van der Waals surface area contributed by atoms with Crippen molar-refractivity contribution in [2.75, 3.05) is 0 Å². The highest BCUT2D eigenvalue weighted by Gasteiger charge is 2.33. The molecule has 17 heavy (non-hydrogen) atoms. The number of nitrogens with zero attached hydrogens (tertiary/aromatic N) is 1. The zero-order valence-electron chi connectivity index (χ0n) is 7.76. The summed E-state index contributed by atoms with van der Waals surface area (Å²) in [6, 6.07) is 0.313. The number of ether oxygens (including phenoxy) is 1. The van der Waals surface area contributed by atoms with E-state index in [1.807, 2.05) is 0 Å². The predicted octanol–water partition coefficient (Wildman–Crippen LogP) is 3.38. The molecule has 0 saturated carbocycles. The third-order valence-electron chi connectivity index (χ3n) is 1.59. The molecule has 0 aliphatic heterocycles. The maximum absolute atomic E-state index is 12.4. The molecule has 0 atom stereocenters. The summed E-state index contributed by atoms with van der Waals surface area (Å²) in [6.07, 6.45) is -8.28. The van der Waals surface area contributed by atoms with Crippen LogP contribution in [0.3, 0.4) is 0 Å². The van der Waals surface area contributed by atoms with Crippen molar-refractivity contribution in [1.29, 1.82) is 0 Å². The molecule has 0 saturated heterocycles. The molecular weight excluding hydrogens is 273 g/mol. The van der Waals surface area contributed by atoms with Gasteiger partial charge in [0.2, 0.25) is 5.88 Å². The van der Waals surface area contributed by atoms with Gasteiger partial charge in [-0.1, -0.05) is 11.6 Å². The summed E-state index contributed by atoms with van der Waals surface area (Å²) >= 11 is 5.28. The summed E-state index contributed by atoms with van der Waals surface area (Å²) in [6.45, 7) is 0. The van der Waals surface area contributed by atoms with Crippen LogP contribution in [0.2, 0.25) is 5.15 Å². The topological polar surface area (TPSA) is 39.2 Å². The van der Waals surface area contributed by atoms with Crippen LogP contribution < -0.4 is 4.74 Å². The van der Waals surface area contributed by atoms with Gasteiger partial charge in [0.1, 0.15) is 5.15 Å². The first-order valence-corrected chi connectivity index (χ1v) is 4.32. The van der Waals surface area contributed by atoms with Crippen molar-refractivity contribution >= 4 is 17.9 Å². The van der Waals surface area contributed by atoms with Crippen LogP contribution in [0.5, 0.6) is 5.88 Å². The number of carbonyl (C=O) groups excluding carboxylic acids is 1. The summed E-state index contributed by atoms with van der Waals surface area (Å²) < 4.78 is 63.7. The van der Waals surface area contributed by atoms with Gasteiger partial charge in [0, 0.05) is 11.6 Å². The zero-order valence-corrected chi connectivity index (χ0v) is 8.52. The van der Waals surface area contributed by atoms with Gasteiger partial charge in [-0.3, -0.25) is 4.79 Å². The van der Waals surface area contributed by atoms with Crippen molar-refractivity contribution in [2.24, 2.45) is 0 Å². The molecule has 0 fully saturated rings. The Morgan fingerprint density at radius 1 is 1.41 bits per heavy atom. The third-order valence-corrected chi connectivity index (χ3v) is 1.88. The fourth-order valence-corrected chi connectivity index (χ4v) is 1.22. The first kappa shape index (κ1) is 13.6. The van der Waals surface area contributed by atoms with E-state index in [0.29, 0.717) is 6.07 Å². The van der Waals surface area contributed by atoms with E-state index in [2.05, 4.69) is 9.72 Å². The molecule has 0 amide bonds. The first-order chi connectivity index (χ1) is 7.74. The Morgan fingerprint density at radius 3 is 2.41 bits per heavy atom. The standard InChI is InChI=1S/C8H3ClF5NO2/c9-6-4(2-16)3(7(10)11)1-5(15-6)17-8(12,13)14/h1-2,7H. The molecule has 3 nitrogen and oxygen atoms in total. The van der Waals surface area contributed by atoms with E-state index in [4.69, 9.17) is 11.6 Å². The van der Waals surface area contributed by atoms with Crippen LogP contribution in [0.1, 0.15) is 22.3 Å². The molecule has 0 aliphatic rings. The highest BCUT2D eigenvalue weighted by molar-refractivity contribution is 6.32. The highest BCUT2D eigenvalue weighted by atomic mass is 35.5. The van der Waals surface area contributed by atoms with Crippen molar-refractivity contribution in [3.8, 4) is 5.88 Å². The van der Waals surface area contributed by atoms with Crippen molar-refractivity contribution in [3.63, 3.8) is 0 Å². The summed E-state index contributed by atoms with van der Waals surface area (Å²) in [5, 5.41) is -0.781. The number of pyridine rings is 1. The Hall–Kier alpha value is -1.44. The Kier molecular flexibility index (Phi) is 3.87. The molecule has 1 aromatic rings. The largest absolute Gasteiger partial charge is 0.574 e. The minimum absolute atomic E-state index is 0.0196. The van der Waals surface area contributed by atoms with Gasteiger partial charge in [-0.05, 0) is 0 Å². The number of rotatable bonds is 3. The average Bonchev–Trinajstić information content (AvgIpc) is 2.13. The molecule has 1 aromatic heterocycles. The Balaban J connectivity index is 3.24. The number of hydrogen-bond donors (Lipinski definition) is 0. The SMILES string of the molecule is O=Cc1c(C(F)F)cc(OC(F)(F)F)nc1Cl. The number of aldehydes is 1. The second kappa shape index (κ2) is 4.82. The molecule has 0 radical (unpaired) electrons. The average molecular weight is 276 g/mol. The Bertz CT molecular complexity index is 435. The van der Waals surface area contributed by atoms with Gasteiger partial charge < -0.3 is 4.74 Å². The lowest BCUT2D eigenvalue weighted by molar-refractivity contribution is -0.276. The van der Waals surface area contributed by atoms with Crippen molar-refractivity contribution in [3.05, 3.63) is 22.3 Å². The van der Waals surface area contributed by atoms with Gasteiger partial charge in [-0.2, -0.15) is 0 Å². The van der Waals surface area contributed by atoms with E-state index < -0.39 is 34.9 Å². The van der Waals surface area contributed by atoms with Crippen LogP contribution >= 0.6 is 11.6 Å². The molecule has 0 aliphatic carbocycles. The number of carbonyl (C=O) groups is 1. The fourth-order valence-electron chi connectivity index (χ4n) is 0.987. The van der Waals surface area contributed by atoms with Gasteiger partial charge in [0.15, 0.2) is 6.29 Å². The number of aromatic nitrogens is 1. The summed E-state index contributed by atoms with van der Waals surface area (Å²) in [5.41, 5.74) is -1.64. The van der Waals surface area contributed by atoms with Gasteiger partial charge in [-0.25, -0.2) is 13.8 Å². The second-order valence-corrected chi connectivity index (χ2v) is 3.08. The van der Waals surface area contributed by atoms with Crippen LogP contribution in [-0.2, 0) is 0 Å². The summed E-state index contributed by atoms with van der Waals surface area (Å²) in [4.78, 5) is 13.5. The zero-order chi connectivity index (χ0) is 13.2. The van der Waals surface area contributed by atoms with E-state index in [9.17, 15) is 26.7 Å². The Morgan fingerprint density at radius 2 is 2.00 bits per heavy atom. The molecule has 0 unspecified atom stereocenters. The van der Waals surface area contributed by atoms with Crippen LogP contribution in [0.15, 0.2) is 6.07 Å². The monoisotopic (exact) mass is 275 g/mol. The maximum atomic E-state index is 12.4. The normalized spacial score (nSPS) is 11.7. The van der Waals surface area contributed by atoms with E-state index in [-0.39, 0.29) is 6.29 Å². The molecule has 1 rings (SSSR count). The van der Waals surface area contributed by atoms with Crippen LogP contribution in [0, 0.1) is 0 Å². The number of halogens is 6. The predicted molar refractivity (Wildman–Crippen MR) is 46.3 cm³/mol. The van der Waals surface area contributed by atoms with E-state index in [1.165, 1.54) is 0 Å².